The van der Waals surface area contributed by atoms with Crippen molar-refractivity contribution in [1.29, 1.82) is 0 Å². The van der Waals surface area contributed by atoms with Crippen LogP contribution in [0.3, 0.4) is 0 Å². The van der Waals surface area contributed by atoms with Gasteiger partial charge in [0.15, 0.2) is 0 Å². The molecule has 1 unspecified atom stereocenters. The molecule has 0 saturated carbocycles. The number of carboxylic acids is 1. The number of phenolic OH excluding ortho intramolecular Hbond substituents is 1. The van der Waals surface area contributed by atoms with Gasteiger partial charge in [-0.25, -0.2) is 4.57 Å². The van der Waals surface area contributed by atoms with Gasteiger partial charge in [-0.3, -0.25) is 4.79 Å². The van der Waals surface area contributed by atoms with Crippen LogP contribution >= 0.6 is 7.75 Å². The fourth-order valence-corrected chi connectivity index (χ4v) is 3.17. The van der Waals surface area contributed by atoms with Crippen molar-refractivity contribution in [3.05, 3.63) is 29.3 Å². The van der Waals surface area contributed by atoms with Crippen molar-refractivity contribution in [1.82, 2.24) is 4.67 Å². The van der Waals surface area contributed by atoms with Gasteiger partial charge < -0.3 is 20.0 Å². The highest BCUT2D eigenvalue weighted by molar-refractivity contribution is 7.49. The van der Waals surface area contributed by atoms with Crippen molar-refractivity contribution in [3.63, 3.8) is 0 Å². The first kappa shape index (κ1) is 17.7. The topological polar surface area (TPSA) is 118 Å². The number of aromatic hydroxyl groups is 1. The van der Waals surface area contributed by atoms with E-state index >= 15 is 0 Å². The summed E-state index contributed by atoms with van der Waals surface area (Å²) in [5, 5.41) is 18.7. The second-order valence-electron chi connectivity index (χ2n) is 4.63. The van der Waals surface area contributed by atoms with Crippen LogP contribution < -0.4 is 0 Å². The van der Waals surface area contributed by atoms with Crippen molar-refractivity contribution >= 4 is 13.7 Å². The zero-order valence-electron chi connectivity index (χ0n) is 11.9. The maximum Gasteiger partial charge on any atom is 0.403 e. The molecule has 21 heavy (non-hydrogen) atoms. The third kappa shape index (κ3) is 4.54. The Morgan fingerprint density at radius 1 is 1.29 bits per heavy atom. The molecule has 1 atom stereocenters. The van der Waals surface area contributed by atoms with Crippen LogP contribution in [0.2, 0.25) is 0 Å². The Bertz CT molecular complexity index is 556. The molecule has 7 nitrogen and oxygen atoms in total. The number of likely N-dealkylation sites (N-methyl/N-ethyl adjacent to an activating group) is 1. The molecular weight excluding hydrogens is 297 g/mol. The van der Waals surface area contributed by atoms with Crippen molar-refractivity contribution < 1.29 is 29.4 Å². The predicted molar refractivity (Wildman–Crippen MR) is 77.0 cm³/mol. The second kappa shape index (κ2) is 7.04. The molecule has 0 saturated heterocycles. The Balaban J connectivity index is 3.15. The first-order valence-corrected chi connectivity index (χ1v) is 8.13. The molecule has 1 rings (SSSR count). The van der Waals surface area contributed by atoms with E-state index in [2.05, 4.69) is 0 Å². The predicted octanol–water partition coefficient (Wildman–Crippen LogP) is 1.36. The van der Waals surface area contributed by atoms with E-state index in [-0.39, 0.29) is 18.7 Å². The van der Waals surface area contributed by atoms with Crippen molar-refractivity contribution in [2.45, 2.75) is 32.7 Å². The average Bonchev–Trinajstić information content (AvgIpc) is 2.38. The van der Waals surface area contributed by atoms with E-state index in [0.717, 1.165) is 5.56 Å². The van der Waals surface area contributed by atoms with Gasteiger partial charge in [0.25, 0.3) is 0 Å². The van der Waals surface area contributed by atoms with Gasteiger partial charge in [0.2, 0.25) is 0 Å². The quantitative estimate of drug-likeness (QED) is 0.561. The molecule has 0 aromatic heterocycles. The minimum atomic E-state index is -4.65. The minimum Gasteiger partial charge on any atom is -0.508 e. The van der Waals surface area contributed by atoms with Crippen molar-refractivity contribution in [2.24, 2.45) is 0 Å². The van der Waals surface area contributed by atoms with Gasteiger partial charge in [-0.05, 0) is 36.1 Å². The largest absolute Gasteiger partial charge is 0.508 e. The summed E-state index contributed by atoms with van der Waals surface area (Å²) in [4.78, 5) is 29.9. The standard InChI is InChI=1S/C13H20NO6P/c1-3-9-7-11(15)6-5-10(9)8-12(13(16)17)14(4-2)21(18,19)20/h5-7,12,15H,3-4,8H2,1-2H3,(H,16,17)(H2,18,19,20). The number of aliphatic carboxylic acids is 1. The van der Waals surface area contributed by atoms with E-state index in [0.29, 0.717) is 16.7 Å². The normalized spacial score (nSPS) is 13.4. The van der Waals surface area contributed by atoms with Crippen LogP contribution in [0.25, 0.3) is 0 Å². The summed E-state index contributed by atoms with van der Waals surface area (Å²) in [6, 6.07) is 3.21. The molecule has 1 aromatic carbocycles. The highest BCUT2D eigenvalue weighted by Crippen LogP contribution is 2.42. The van der Waals surface area contributed by atoms with E-state index in [1.165, 1.54) is 19.1 Å². The molecule has 8 heteroatoms. The fourth-order valence-electron chi connectivity index (χ4n) is 2.26. The Morgan fingerprint density at radius 3 is 2.33 bits per heavy atom. The zero-order valence-corrected chi connectivity index (χ0v) is 12.8. The Hall–Kier alpha value is -1.40. The monoisotopic (exact) mass is 317 g/mol. The van der Waals surface area contributed by atoms with Crippen LogP contribution in [0.15, 0.2) is 18.2 Å². The third-order valence-electron chi connectivity index (χ3n) is 3.29. The Labute approximate surface area is 123 Å². The first-order valence-electron chi connectivity index (χ1n) is 6.56. The lowest BCUT2D eigenvalue weighted by Crippen LogP contribution is -2.40. The molecule has 0 fully saturated rings. The van der Waals surface area contributed by atoms with Crippen LogP contribution in [0.4, 0.5) is 0 Å². The Kier molecular flexibility index (Phi) is 5.92. The lowest BCUT2D eigenvalue weighted by atomic mass is 9.98. The number of carboxylic acid groups (broad SMARTS) is 1. The van der Waals surface area contributed by atoms with Crippen LogP contribution in [-0.4, -0.2) is 43.2 Å². The summed E-state index contributed by atoms with van der Waals surface area (Å²) in [5.74, 6) is -1.22. The maximum absolute atomic E-state index is 11.4. The highest BCUT2D eigenvalue weighted by atomic mass is 31.2. The maximum atomic E-state index is 11.4. The number of benzene rings is 1. The summed E-state index contributed by atoms with van der Waals surface area (Å²) in [5.41, 5.74) is 1.40. The van der Waals surface area contributed by atoms with Gasteiger partial charge in [-0.1, -0.05) is 19.9 Å². The van der Waals surface area contributed by atoms with Crippen LogP contribution in [0, 0.1) is 0 Å². The van der Waals surface area contributed by atoms with E-state index in [4.69, 9.17) is 0 Å². The molecule has 1 aromatic rings. The second-order valence-corrected chi connectivity index (χ2v) is 6.17. The summed E-state index contributed by atoms with van der Waals surface area (Å²) < 4.78 is 12.1. The van der Waals surface area contributed by atoms with Crippen LogP contribution in [-0.2, 0) is 22.2 Å². The SMILES string of the molecule is CCc1cc(O)ccc1CC(C(=O)O)N(CC)P(=O)(O)O. The first-order chi connectivity index (χ1) is 9.70. The van der Waals surface area contributed by atoms with E-state index in [1.54, 1.807) is 6.07 Å². The summed E-state index contributed by atoms with van der Waals surface area (Å²) in [6.07, 6.45) is 0.538. The van der Waals surface area contributed by atoms with E-state index in [9.17, 15) is 29.4 Å². The molecule has 4 N–H and O–H groups in total. The molecule has 0 bridgehead atoms. The lowest BCUT2D eigenvalue weighted by molar-refractivity contribution is -0.141. The molecule has 0 aliphatic rings. The molecule has 0 aliphatic carbocycles. The number of hydrogen-bond acceptors (Lipinski definition) is 3. The van der Waals surface area contributed by atoms with Gasteiger partial charge in [0, 0.05) is 6.54 Å². The van der Waals surface area contributed by atoms with Gasteiger partial charge in [0.1, 0.15) is 11.8 Å². The molecular formula is C13H20NO6P. The van der Waals surface area contributed by atoms with Gasteiger partial charge in [-0.15, -0.1) is 0 Å². The van der Waals surface area contributed by atoms with Crippen molar-refractivity contribution in [2.75, 3.05) is 6.54 Å². The molecule has 118 valence electrons. The number of nitrogens with zero attached hydrogens (tertiary/aromatic N) is 1. The molecule has 0 radical (unpaired) electrons. The van der Waals surface area contributed by atoms with E-state index in [1.807, 2.05) is 6.92 Å². The lowest BCUT2D eigenvalue weighted by Gasteiger charge is -2.28. The van der Waals surface area contributed by atoms with Crippen LogP contribution in [0.5, 0.6) is 5.75 Å². The summed E-state index contributed by atoms with van der Waals surface area (Å²) in [6.45, 7) is 3.27. The molecule has 0 spiro atoms. The molecule has 0 amide bonds. The summed E-state index contributed by atoms with van der Waals surface area (Å²) in [7, 11) is -4.65. The van der Waals surface area contributed by atoms with Gasteiger partial charge in [0.05, 0.1) is 0 Å². The van der Waals surface area contributed by atoms with Crippen LogP contribution in [0.1, 0.15) is 25.0 Å². The average molecular weight is 317 g/mol. The number of aryl methyl sites for hydroxylation is 1. The zero-order chi connectivity index (χ0) is 16.2. The minimum absolute atomic E-state index is 0.0439. The number of hydrogen-bond donors (Lipinski definition) is 4. The van der Waals surface area contributed by atoms with Crippen molar-refractivity contribution in [3.8, 4) is 5.75 Å². The molecule has 0 aliphatic heterocycles. The van der Waals surface area contributed by atoms with E-state index < -0.39 is 19.8 Å². The highest BCUT2D eigenvalue weighted by Gasteiger charge is 2.36. The van der Waals surface area contributed by atoms with Gasteiger partial charge in [-0.2, -0.15) is 4.67 Å². The third-order valence-corrected chi connectivity index (χ3v) is 4.52. The number of rotatable bonds is 7. The summed E-state index contributed by atoms with van der Waals surface area (Å²) >= 11 is 0. The number of phenols is 1. The molecule has 0 heterocycles. The fraction of sp³-hybridized carbons (Fsp3) is 0.462. The smallest absolute Gasteiger partial charge is 0.403 e. The number of carbonyl (C=O) groups is 1. The van der Waals surface area contributed by atoms with Gasteiger partial charge >= 0.3 is 13.7 Å². The Morgan fingerprint density at radius 2 is 1.90 bits per heavy atom.